The highest BCUT2D eigenvalue weighted by atomic mass is 35.5. The lowest BCUT2D eigenvalue weighted by Crippen LogP contribution is -2.30. The minimum absolute atomic E-state index is 0.0126. The average molecular weight is 491 g/mol. The van der Waals surface area contributed by atoms with Crippen LogP contribution < -0.4 is 4.90 Å². The number of anilines is 2. The number of para-hydroxylation sites is 2. The van der Waals surface area contributed by atoms with E-state index in [1.807, 2.05) is 82.3 Å². The zero-order valence-electron chi connectivity index (χ0n) is 17.5. The van der Waals surface area contributed by atoms with Gasteiger partial charge in [0.15, 0.2) is 11.0 Å². The van der Waals surface area contributed by atoms with Gasteiger partial charge in [0.25, 0.3) is 0 Å². The third-order valence-electron chi connectivity index (χ3n) is 5.14. The van der Waals surface area contributed by atoms with Crippen LogP contribution in [0.4, 0.5) is 11.4 Å². The van der Waals surface area contributed by atoms with E-state index in [0.29, 0.717) is 22.5 Å². The molecule has 2 heterocycles. The molecule has 0 unspecified atom stereocenters. The Morgan fingerprint density at radius 3 is 2.24 bits per heavy atom. The molecule has 0 aliphatic carbocycles. The Bertz CT molecular complexity index is 1290. The average Bonchev–Trinajstić information content (AvgIpc) is 3.24. The first-order valence-corrected chi connectivity index (χ1v) is 12.5. The molecule has 0 saturated carbocycles. The van der Waals surface area contributed by atoms with Crippen molar-refractivity contribution in [3.63, 3.8) is 0 Å². The largest absolute Gasteiger partial charge is 0.298 e. The van der Waals surface area contributed by atoms with E-state index < -0.39 is 0 Å². The van der Waals surface area contributed by atoms with Crippen LogP contribution in [0, 0.1) is 0 Å². The molecule has 0 saturated heterocycles. The number of thioether (sulfide) groups is 1. The van der Waals surface area contributed by atoms with E-state index >= 15 is 0 Å². The summed E-state index contributed by atoms with van der Waals surface area (Å²) in [4.78, 5) is 17.4. The van der Waals surface area contributed by atoms with E-state index in [1.165, 1.54) is 11.8 Å². The zero-order valence-corrected chi connectivity index (χ0v) is 19.9. The molecular formula is C25H19ClN4OS2. The minimum atomic E-state index is -0.0126. The van der Waals surface area contributed by atoms with E-state index in [0.717, 1.165) is 26.7 Å². The Balaban J connectivity index is 1.42. The Kier molecular flexibility index (Phi) is 6.26. The van der Waals surface area contributed by atoms with Crippen LogP contribution in [-0.4, -0.2) is 26.4 Å². The van der Waals surface area contributed by atoms with E-state index in [1.54, 1.807) is 17.8 Å². The third-order valence-corrected chi connectivity index (χ3v) is 7.47. The number of amides is 1. The van der Waals surface area contributed by atoms with Gasteiger partial charge >= 0.3 is 0 Å². The molecule has 3 aromatic carbocycles. The van der Waals surface area contributed by atoms with Crippen molar-refractivity contribution in [3.8, 4) is 11.4 Å². The number of aromatic nitrogens is 3. The SMILES string of the molecule is C=CCn1c(SCC(=O)N2c3ccccc3Sc3ccccc32)nnc1-c1ccc(Cl)cc1. The van der Waals surface area contributed by atoms with Gasteiger partial charge in [-0.3, -0.25) is 14.3 Å². The highest BCUT2D eigenvalue weighted by Gasteiger charge is 2.28. The molecule has 8 heteroatoms. The molecule has 1 aromatic heterocycles. The van der Waals surface area contributed by atoms with Crippen molar-refractivity contribution < 1.29 is 4.79 Å². The van der Waals surface area contributed by atoms with Crippen molar-refractivity contribution in [2.75, 3.05) is 10.7 Å². The molecule has 0 bridgehead atoms. The molecule has 4 aromatic rings. The van der Waals surface area contributed by atoms with Gasteiger partial charge in [-0.15, -0.1) is 16.8 Å². The number of allylic oxidation sites excluding steroid dienone is 1. The number of rotatable bonds is 6. The first-order chi connectivity index (χ1) is 16.2. The lowest BCUT2D eigenvalue weighted by Gasteiger charge is -2.30. The lowest BCUT2D eigenvalue weighted by atomic mass is 10.2. The second kappa shape index (κ2) is 9.47. The van der Waals surface area contributed by atoms with Gasteiger partial charge < -0.3 is 0 Å². The summed E-state index contributed by atoms with van der Waals surface area (Å²) in [5.41, 5.74) is 2.71. The van der Waals surface area contributed by atoms with Gasteiger partial charge in [-0.05, 0) is 48.5 Å². The molecule has 0 spiro atoms. The monoisotopic (exact) mass is 490 g/mol. The molecule has 0 fully saturated rings. The summed E-state index contributed by atoms with van der Waals surface area (Å²) in [5, 5.41) is 10.1. The molecule has 1 amide bonds. The summed E-state index contributed by atoms with van der Waals surface area (Å²) in [5.74, 6) is 0.927. The summed E-state index contributed by atoms with van der Waals surface area (Å²) >= 11 is 9.08. The number of nitrogens with zero attached hydrogens (tertiary/aromatic N) is 4. The maximum absolute atomic E-state index is 13.5. The van der Waals surface area contributed by atoms with Gasteiger partial charge in [-0.2, -0.15) is 0 Å². The summed E-state index contributed by atoms with van der Waals surface area (Å²) < 4.78 is 1.96. The van der Waals surface area contributed by atoms with Gasteiger partial charge in [-0.1, -0.05) is 65.5 Å². The van der Waals surface area contributed by atoms with E-state index in [9.17, 15) is 4.79 Å². The Hall–Kier alpha value is -3.00. The predicted molar refractivity (Wildman–Crippen MR) is 136 cm³/mol. The highest BCUT2D eigenvalue weighted by molar-refractivity contribution is 8.00. The van der Waals surface area contributed by atoms with Gasteiger partial charge in [0, 0.05) is 26.9 Å². The van der Waals surface area contributed by atoms with E-state index in [4.69, 9.17) is 11.6 Å². The Morgan fingerprint density at radius 2 is 1.61 bits per heavy atom. The molecular weight excluding hydrogens is 472 g/mol. The van der Waals surface area contributed by atoms with Crippen molar-refractivity contribution in [1.29, 1.82) is 0 Å². The van der Waals surface area contributed by atoms with E-state index in [-0.39, 0.29) is 11.7 Å². The number of hydrogen-bond acceptors (Lipinski definition) is 5. The summed E-state index contributed by atoms with van der Waals surface area (Å²) in [6.07, 6.45) is 1.79. The van der Waals surface area contributed by atoms with Gasteiger partial charge in [0.1, 0.15) is 0 Å². The van der Waals surface area contributed by atoms with Crippen LogP contribution in [0.3, 0.4) is 0 Å². The normalized spacial score (nSPS) is 12.2. The van der Waals surface area contributed by atoms with Crippen molar-refractivity contribution in [1.82, 2.24) is 14.8 Å². The second-order valence-corrected chi connectivity index (χ2v) is 9.73. The third kappa shape index (κ3) is 4.31. The highest BCUT2D eigenvalue weighted by Crippen LogP contribution is 2.48. The predicted octanol–water partition coefficient (Wildman–Crippen LogP) is 6.71. The Morgan fingerprint density at radius 1 is 0.970 bits per heavy atom. The first-order valence-electron chi connectivity index (χ1n) is 10.3. The number of fused-ring (bicyclic) bond motifs is 2. The molecule has 0 N–H and O–H groups in total. The molecule has 164 valence electrons. The van der Waals surface area contributed by atoms with Crippen LogP contribution in [0.1, 0.15) is 0 Å². The van der Waals surface area contributed by atoms with Crippen LogP contribution in [-0.2, 0) is 11.3 Å². The van der Waals surface area contributed by atoms with E-state index in [2.05, 4.69) is 16.8 Å². The van der Waals surface area contributed by atoms with Gasteiger partial charge in [0.05, 0.1) is 17.1 Å². The number of hydrogen-bond donors (Lipinski definition) is 0. The lowest BCUT2D eigenvalue weighted by molar-refractivity contribution is -0.115. The van der Waals surface area contributed by atoms with Crippen molar-refractivity contribution in [2.24, 2.45) is 0 Å². The number of halogens is 1. The van der Waals surface area contributed by atoms with Crippen LogP contribution in [0.2, 0.25) is 5.02 Å². The van der Waals surface area contributed by atoms with Gasteiger partial charge in [-0.25, -0.2) is 0 Å². The molecule has 0 atom stereocenters. The summed E-state index contributed by atoms with van der Waals surface area (Å²) in [6.45, 7) is 4.40. The first kappa shape index (κ1) is 21.8. The van der Waals surface area contributed by atoms with Crippen molar-refractivity contribution in [3.05, 3.63) is 90.5 Å². The van der Waals surface area contributed by atoms with Crippen LogP contribution >= 0.6 is 35.1 Å². The number of carbonyl (C=O) groups excluding carboxylic acids is 1. The minimum Gasteiger partial charge on any atom is -0.298 e. The van der Waals surface area contributed by atoms with Crippen LogP contribution in [0.5, 0.6) is 0 Å². The molecule has 1 aliphatic heterocycles. The Labute approximate surface area is 205 Å². The fourth-order valence-electron chi connectivity index (χ4n) is 3.67. The van der Waals surface area contributed by atoms with Crippen LogP contribution in [0.15, 0.2) is 100 Å². The summed E-state index contributed by atoms with van der Waals surface area (Å²) in [7, 11) is 0. The number of benzene rings is 3. The molecule has 5 nitrogen and oxygen atoms in total. The molecule has 0 radical (unpaired) electrons. The smallest absolute Gasteiger partial charge is 0.242 e. The van der Waals surface area contributed by atoms with Crippen molar-refractivity contribution >= 4 is 52.4 Å². The fourth-order valence-corrected chi connectivity index (χ4v) is 5.65. The maximum Gasteiger partial charge on any atom is 0.242 e. The standard InChI is InChI=1S/C25H19ClN4OS2/c1-2-15-29-24(17-11-13-18(26)14-12-17)27-28-25(29)32-16-23(31)30-19-7-3-5-9-21(19)33-22-10-6-4-8-20(22)30/h2-14H,1,15-16H2. The second-order valence-electron chi connectivity index (χ2n) is 7.27. The molecule has 1 aliphatic rings. The molecule has 5 rings (SSSR count). The topological polar surface area (TPSA) is 51.0 Å². The maximum atomic E-state index is 13.5. The van der Waals surface area contributed by atoms with Crippen molar-refractivity contribution in [2.45, 2.75) is 21.5 Å². The quantitative estimate of drug-likeness (QED) is 0.222. The van der Waals surface area contributed by atoms with Gasteiger partial charge in [0.2, 0.25) is 5.91 Å². The fraction of sp³-hybridized carbons (Fsp3) is 0.0800. The zero-order chi connectivity index (χ0) is 22.8. The number of carbonyl (C=O) groups is 1. The van der Waals surface area contributed by atoms with Crippen LogP contribution in [0.25, 0.3) is 11.4 Å². The molecule has 33 heavy (non-hydrogen) atoms. The summed E-state index contributed by atoms with van der Waals surface area (Å²) in [6, 6.07) is 23.4.